The number of hydrogen-bond acceptors (Lipinski definition) is 5. The van der Waals surface area contributed by atoms with Crippen LogP contribution in [0.5, 0.6) is 5.75 Å². The van der Waals surface area contributed by atoms with Crippen LogP contribution in [0.15, 0.2) is 36.7 Å². The second kappa shape index (κ2) is 8.16. The number of hydrogen-bond donors (Lipinski definition) is 1. The molecule has 1 amide bonds. The summed E-state index contributed by atoms with van der Waals surface area (Å²) in [6, 6.07) is 7.35. The van der Waals surface area contributed by atoms with Crippen molar-refractivity contribution in [1.29, 1.82) is 0 Å². The van der Waals surface area contributed by atoms with E-state index >= 15 is 0 Å². The van der Waals surface area contributed by atoms with Crippen LogP contribution in [0.3, 0.4) is 0 Å². The molecule has 7 heteroatoms. The molecule has 0 saturated carbocycles. The molecular formula is C18H21ClN4O2. The van der Waals surface area contributed by atoms with Gasteiger partial charge in [0.2, 0.25) is 5.95 Å². The fourth-order valence-electron chi connectivity index (χ4n) is 2.75. The number of ether oxygens (including phenoxy) is 1. The molecule has 1 aliphatic rings. The lowest BCUT2D eigenvalue weighted by Crippen LogP contribution is -2.41. The molecule has 6 nitrogen and oxygen atoms in total. The Morgan fingerprint density at radius 3 is 2.48 bits per heavy atom. The predicted octanol–water partition coefficient (Wildman–Crippen LogP) is 3.25. The van der Waals surface area contributed by atoms with E-state index in [1.54, 1.807) is 12.4 Å². The van der Waals surface area contributed by atoms with E-state index < -0.39 is 0 Å². The molecular weight excluding hydrogens is 340 g/mol. The normalized spacial score (nSPS) is 15.0. The van der Waals surface area contributed by atoms with Crippen molar-refractivity contribution in [2.24, 2.45) is 0 Å². The van der Waals surface area contributed by atoms with Crippen molar-refractivity contribution in [2.45, 2.75) is 25.9 Å². The summed E-state index contributed by atoms with van der Waals surface area (Å²) in [6.45, 7) is 4.03. The van der Waals surface area contributed by atoms with Gasteiger partial charge in [0, 0.05) is 49.9 Å². The predicted molar refractivity (Wildman–Crippen MR) is 97.2 cm³/mol. The van der Waals surface area contributed by atoms with Gasteiger partial charge >= 0.3 is 0 Å². The Hall–Kier alpha value is -2.34. The first kappa shape index (κ1) is 17.5. The molecule has 1 N–H and O–H groups in total. The first-order chi connectivity index (χ1) is 12.2. The second-order valence-electron chi connectivity index (χ2n) is 5.89. The topological polar surface area (TPSA) is 67.4 Å². The molecule has 1 aromatic heterocycles. The summed E-state index contributed by atoms with van der Waals surface area (Å²) in [5, 5.41) is 3.70. The number of likely N-dealkylation sites (tertiary alicyclic amines) is 1. The first-order valence-corrected chi connectivity index (χ1v) is 8.81. The van der Waals surface area contributed by atoms with Gasteiger partial charge in [-0.15, -0.1) is 0 Å². The molecule has 132 valence electrons. The summed E-state index contributed by atoms with van der Waals surface area (Å²) in [5.74, 6) is 1.31. The summed E-state index contributed by atoms with van der Waals surface area (Å²) in [6.07, 6.45) is 4.85. The van der Waals surface area contributed by atoms with Crippen molar-refractivity contribution >= 4 is 23.5 Å². The number of carbonyl (C=O) groups is 1. The number of nitrogens with one attached hydrogen (secondary N) is 1. The van der Waals surface area contributed by atoms with E-state index in [1.165, 1.54) is 0 Å². The van der Waals surface area contributed by atoms with E-state index in [0.717, 1.165) is 25.1 Å². The maximum atomic E-state index is 12.5. The summed E-state index contributed by atoms with van der Waals surface area (Å²) >= 11 is 5.88. The highest BCUT2D eigenvalue weighted by molar-refractivity contribution is 6.30. The number of rotatable bonds is 5. The zero-order chi connectivity index (χ0) is 17.6. The van der Waals surface area contributed by atoms with Crippen LogP contribution in [0.2, 0.25) is 5.02 Å². The number of nitrogens with zero attached hydrogens (tertiary/aromatic N) is 3. The molecule has 1 fully saturated rings. The quantitative estimate of drug-likeness (QED) is 0.886. The third kappa shape index (κ3) is 4.60. The Morgan fingerprint density at radius 2 is 1.88 bits per heavy atom. The highest BCUT2D eigenvalue weighted by Gasteiger charge is 2.25. The van der Waals surface area contributed by atoms with Crippen molar-refractivity contribution in [3.05, 3.63) is 47.2 Å². The lowest BCUT2D eigenvalue weighted by molar-refractivity contribution is 0.0595. The van der Waals surface area contributed by atoms with Gasteiger partial charge in [-0.2, -0.15) is 0 Å². The van der Waals surface area contributed by atoms with Crippen LogP contribution in [0.25, 0.3) is 0 Å². The largest absolute Gasteiger partial charge is 0.490 e. The van der Waals surface area contributed by atoms with Crippen molar-refractivity contribution in [3.63, 3.8) is 0 Å². The average molecular weight is 361 g/mol. The van der Waals surface area contributed by atoms with Gasteiger partial charge in [0.25, 0.3) is 5.91 Å². The van der Waals surface area contributed by atoms with Crippen LogP contribution in [-0.4, -0.2) is 46.5 Å². The average Bonchev–Trinajstić information content (AvgIpc) is 2.65. The number of halogens is 1. The molecule has 2 heterocycles. The lowest BCUT2D eigenvalue weighted by Gasteiger charge is -2.32. The highest BCUT2D eigenvalue weighted by atomic mass is 35.5. The van der Waals surface area contributed by atoms with Gasteiger partial charge in [0.15, 0.2) is 0 Å². The van der Waals surface area contributed by atoms with Gasteiger partial charge in [-0.25, -0.2) is 9.97 Å². The maximum Gasteiger partial charge on any atom is 0.256 e. The maximum absolute atomic E-state index is 12.5. The molecule has 0 spiro atoms. The standard InChI is InChI=1S/C18H21ClN4O2/c1-2-20-18-21-11-13(12-22-18)17(24)23-9-7-16(8-10-23)25-15-5-3-14(19)4-6-15/h3-6,11-12,16H,2,7-10H2,1H3,(H,20,21,22). The Bertz CT molecular complexity index is 698. The Kier molecular flexibility index (Phi) is 5.71. The number of benzene rings is 1. The lowest BCUT2D eigenvalue weighted by atomic mass is 10.1. The number of amides is 1. The van der Waals surface area contributed by atoms with E-state index in [1.807, 2.05) is 36.1 Å². The first-order valence-electron chi connectivity index (χ1n) is 8.43. The van der Waals surface area contributed by atoms with Crippen LogP contribution in [0.1, 0.15) is 30.1 Å². The third-order valence-corrected chi connectivity index (χ3v) is 4.33. The minimum absolute atomic E-state index is 0.0343. The molecule has 1 aromatic carbocycles. The van der Waals surface area contributed by atoms with E-state index in [0.29, 0.717) is 29.6 Å². The van der Waals surface area contributed by atoms with Crippen molar-refractivity contribution in [1.82, 2.24) is 14.9 Å². The molecule has 0 radical (unpaired) electrons. The molecule has 0 bridgehead atoms. The summed E-state index contributed by atoms with van der Waals surface area (Å²) in [4.78, 5) is 22.7. The fourth-order valence-corrected chi connectivity index (χ4v) is 2.88. The van der Waals surface area contributed by atoms with Crippen LogP contribution < -0.4 is 10.1 Å². The smallest absolute Gasteiger partial charge is 0.256 e. The van der Waals surface area contributed by atoms with Crippen LogP contribution in [0.4, 0.5) is 5.95 Å². The van der Waals surface area contributed by atoms with Crippen molar-refractivity contribution in [2.75, 3.05) is 25.0 Å². The van der Waals surface area contributed by atoms with E-state index in [2.05, 4.69) is 15.3 Å². The van der Waals surface area contributed by atoms with Crippen molar-refractivity contribution < 1.29 is 9.53 Å². The molecule has 1 saturated heterocycles. The summed E-state index contributed by atoms with van der Waals surface area (Å²) < 4.78 is 5.96. The van der Waals surface area contributed by atoms with Gasteiger partial charge in [-0.3, -0.25) is 4.79 Å². The number of piperidine rings is 1. The summed E-state index contributed by atoms with van der Waals surface area (Å²) in [5.41, 5.74) is 0.513. The Morgan fingerprint density at radius 1 is 1.24 bits per heavy atom. The van der Waals surface area contributed by atoms with Crippen LogP contribution in [-0.2, 0) is 0 Å². The van der Waals surface area contributed by atoms with Gasteiger partial charge in [-0.1, -0.05) is 11.6 Å². The molecule has 0 atom stereocenters. The highest BCUT2D eigenvalue weighted by Crippen LogP contribution is 2.21. The minimum Gasteiger partial charge on any atom is -0.490 e. The minimum atomic E-state index is -0.0343. The zero-order valence-electron chi connectivity index (χ0n) is 14.1. The number of aromatic nitrogens is 2. The molecule has 0 aliphatic carbocycles. The molecule has 2 aromatic rings. The Labute approximate surface area is 152 Å². The molecule has 3 rings (SSSR count). The van der Waals surface area contributed by atoms with E-state index in [9.17, 15) is 4.79 Å². The van der Waals surface area contributed by atoms with Gasteiger partial charge in [-0.05, 0) is 31.2 Å². The van der Waals surface area contributed by atoms with E-state index in [4.69, 9.17) is 16.3 Å². The SMILES string of the molecule is CCNc1ncc(C(=O)N2CCC(Oc3ccc(Cl)cc3)CC2)cn1. The third-order valence-electron chi connectivity index (χ3n) is 4.08. The van der Waals surface area contributed by atoms with Crippen molar-refractivity contribution in [3.8, 4) is 5.75 Å². The number of carbonyl (C=O) groups excluding carboxylic acids is 1. The van der Waals surface area contributed by atoms with Gasteiger partial charge < -0.3 is 15.0 Å². The number of anilines is 1. The monoisotopic (exact) mass is 360 g/mol. The van der Waals surface area contributed by atoms with Crippen LogP contribution in [0, 0.1) is 0 Å². The molecule has 25 heavy (non-hydrogen) atoms. The molecule has 0 unspecified atom stereocenters. The van der Waals surface area contributed by atoms with E-state index in [-0.39, 0.29) is 12.0 Å². The zero-order valence-corrected chi connectivity index (χ0v) is 14.9. The molecule has 1 aliphatic heterocycles. The second-order valence-corrected chi connectivity index (χ2v) is 6.33. The summed E-state index contributed by atoms with van der Waals surface area (Å²) in [7, 11) is 0. The van der Waals surface area contributed by atoms with Gasteiger partial charge in [0.1, 0.15) is 11.9 Å². The van der Waals surface area contributed by atoms with Gasteiger partial charge in [0.05, 0.1) is 5.56 Å². The Balaban J connectivity index is 1.52. The fraction of sp³-hybridized carbons (Fsp3) is 0.389. The van der Waals surface area contributed by atoms with Crippen LogP contribution >= 0.6 is 11.6 Å².